The minimum Gasteiger partial charge on any atom is -0.322 e. The van der Waals surface area contributed by atoms with Crippen molar-refractivity contribution < 1.29 is 0 Å². The Hall–Kier alpha value is -1.06. The summed E-state index contributed by atoms with van der Waals surface area (Å²) in [6.45, 7) is 7.85. The predicted molar refractivity (Wildman–Crippen MR) is 86.9 cm³/mol. The van der Waals surface area contributed by atoms with Gasteiger partial charge in [0.15, 0.2) is 0 Å². The Balaban J connectivity index is 1.90. The molecule has 2 aromatic rings. The summed E-state index contributed by atoms with van der Waals surface area (Å²) in [5, 5.41) is -0.0488. The van der Waals surface area contributed by atoms with Gasteiger partial charge in [-0.15, -0.1) is 11.6 Å². The van der Waals surface area contributed by atoms with E-state index in [1.807, 2.05) is 6.92 Å². The molecule has 3 saturated heterocycles. The summed E-state index contributed by atoms with van der Waals surface area (Å²) in [6, 6.07) is 7.02. The van der Waals surface area contributed by atoms with Crippen LogP contribution in [-0.4, -0.2) is 34.1 Å². The molecule has 2 unspecified atom stereocenters. The van der Waals surface area contributed by atoms with Gasteiger partial charge in [0.25, 0.3) is 0 Å². The fraction of sp³-hybridized carbons (Fsp3) is 0.588. The summed E-state index contributed by atoms with van der Waals surface area (Å²) in [5.41, 5.74) is 3.62. The first-order chi connectivity index (χ1) is 10.1. The molecule has 3 nitrogen and oxygen atoms in total. The number of rotatable bonds is 2. The Morgan fingerprint density at radius 1 is 1.29 bits per heavy atom. The number of piperidine rings is 3. The average molecular weight is 304 g/mol. The van der Waals surface area contributed by atoms with E-state index in [4.69, 9.17) is 16.6 Å². The lowest BCUT2D eigenvalue weighted by Crippen LogP contribution is -2.48. The molecule has 3 aliphatic rings. The van der Waals surface area contributed by atoms with Gasteiger partial charge in [-0.3, -0.25) is 0 Å². The molecule has 2 atom stereocenters. The molecule has 0 N–H and O–H groups in total. The smallest absolute Gasteiger partial charge is 0.128 e. The second kappa shape index (κ2) is 4.99. The van der Waals surface area contributed by atoms with Crippen LogP contribution in [0.1, 0.15) is 42.6 Å². The van der Waals surface area contributed by atoms with Crippen molar-refractivity contribution in [3.63, 3.8) is 0 Å². The van der Waals surface area contributed by atoms with Crippen LogP contribution < -0.4 is 0 Å². The second-order valence-corrected chi connectivity index (χ2v) is 7.26. The molecule has 0 spiro atoms. The third-order valence-electron chi connectivity index (χ3n) is 5.26. The van der Waals surface area contributed by atoms with E-state index in [0.717, 1.165) is 23.8 Å². The number of benzene rings is 1. The van der Waals surface area contributed by atoms with E-state index in [1.54, 1.807) is 0 Å². The van der Waals surface area contributed by atoms with Gasteiger partial charge in [0.1, 0.15) is 5.82 Å². The van der Waals surface area contributed by atoms with Crippen LogP contribution in [0.5, 0.6) is 0 Å². The molecule has 2 bridgehead atoms. The van der Waals surface area contributed by atoms with Crippen molar-refractivity contribution in [2.75, 3.05) is 19.6 Å². The molecule has 0 radical (unpaired) electrons. The molecule has 3 fully saturated rings. The maximum absolute atomic E-state index is 6.46. The first-order valence-corrected chi connectivity index (χ1v) is 8.42. The number of fused-ring (bicyclic) bond motifs is 4. The van der Waals surface area contributed by atoms with Crippen LogP contribution in [0.4, 0.5) is 0 Å². The maximum atomic E-state index is 6.46. The van der Waals surface area contributed by atoms with E-state index in [1.165, 1.54) is 37.0 Å². The molecular weight excluding hydrogens is 282 g/mol. The van der Waals surface area contributed by atoms with E-state index < -0.39 is 0 Å². The van der Waals surface area contributed by atoms with Gasteiger partial charge in [-0.1, -0.05) is 12.1 Å². The summed E-state index contributed by atoms with van der Waals surface area (Å²) in [5.74, 6) is 1.82. The second-order valence-electron chi connectivity index (χ2n) is 6.60. The van der Waals surface area contributed by atoms with Crippen molar-refractivity contribution in [2.45, 2.75) is 38.1 Å². The van der Waals surface area contributed by atoms with Crippen LogP contribution in [0.3, 0.4) is 0 Å². The van der Waals surface area contributed by atoms with Gasteiger partial charge in [0.2, 0.25) is 0 Å². The Kier molecular flexibility index (Phi) is 3.23. The highest BCUT2D eigenvalue weighted by atomic mass is 35.5. The lowest BCUT2D eigenvalue weighted by molar-refractivity contribution is 0.0575. The summed E-state index contributed by atoms with van der Waals surface area (Å²) in [6.07, 6.45) is 2.62. The summed E-state index contributed by atoms with van der Waals surface area (Å²) in [4.78, 5) is 7.48. The van der Waals surface area contributed by atoms with E-state index in [-0.39, 0.29) is 5.38 Å². The first kappa shape index (κ1) is 13.6. The number of aryl methyl sites for hydroxylation is 1. The highest BCUT2D eigenvalue weighted by Gasteiger charge is 2.37. The van der Waals surface area contributed by atoms with Gasteiger partial charge in [-0.05, 0) is 57.3 Å². The fourth-order valence-corrected chi connectivity index (χ4v) is 4.28. The van der Waals surface area contributed by atoms with E-state index >= 15 is 0 Å². The number of imidazole rings is 1. The Morgan fingerprint density at radius 2 is 2.05 bits per heavy atom. The Labute approximate surface area is 130 Å². The molecule has 1 aromatic carbocycles. The standard InChI is InChI=1S/C17H22ClN3/c1-11-4-3-5-14-16(11)19-17(12(2)18)21(14)15-10-20-8-6-13(15)7-9-20/h3-5,12-13,15H,6-10H2,1-2H3. The van der Waals surface area contributed by atoms with Crippen LogP contribution in [0.25, 0.3) is 11.0 Å². The molecule has 0 amide bonds. The van der Waals surface area contributed by atoms with Gasteiger partial charge in [0, 0.05) is 6.54 Å². The summed E-state index contributed by atoms with van der Waals surface area (Å²) < 4.78 is 2.45. The van der Waals surface area contributed by atoms with Crippen LogP contribution in [-0.2, 0) is 0 Å². The number of aromatic nitrogens is 2. The molecule has 3 aliphatic heterocycles. The van der Waals surface area contributed by atoms with E-state index in [2.05, 4.69) is 34.6 Å². The SMILES string of the molecule is Cc1cccc2c1nc(C(C)Cl)n2C1CN2CCC1CC2. The molecule has 21 heavy (non-hydrogen) atoms. The largest absolute Gasteiger partial charge is 0.322 e. The van der Waals surface area contributed by atoms with Crippen LogP contribution >= 0.6 is 11.6 Å². The van der Waals surface area contributed by atoms with Crippen molar-refractivity contribution in [3.05, 3.63) is 29.6 Å². The lowest BCUT2D eigenvalue weighted by Gasteiger charge is -2.46. The molecule has 4 heteroatoms. The van der Waals surface area contributed by atoms with Gasteiger partial charge < -0.3 is 9.47 Å². The normalized spacial score (nSPS) is 30.0. The maximum Gasteiger partial charge on any atom is 0.128 e. The summed E-state index contributed by atoms with van der Waals surface area (Å²) >= 11 is 6.46. The molecule has 112 valence electrons. The molecule has 1 aromatic heterocycles. The Bertz CT molecular complexity index is 668. The zero-order chi connectivity index (χ0) is 14.6. The number of hydrogen-bond acceptors (Lipinski definition) is 2. The van der Waals surface area contributed by atoms with Crippen LogP contribution in [0.15, 0.2) is 18.2 Å². The average Bonchev–Trinajstić information content (AvgIpc) is 2.89. The number of alkyl halides is 1. The van der Waals surface area contributed by atoms with Gasteiger partial charge in [-0.2, -0.15) is 0 Å². The number of para-hydroxylation sites is 1. The Morgan fingerprint density at radius 3 is 2.67 bits per heavy atom. The van der Waals surface area contributed by atoms with Crippen molar-refractivity contribution in [1.29, 1.82) is 0 Å². The van der Waals surface area contributed by atoms with Gasteiger partial charge in [-0.25, -0.2) is 4.98 Å². The zero-order valence-corrected chi connectivity index (χ0v) is 13.5. The van der Waals surface area contributed by atoms with Crippen LogP contribution in [0.2, 0.25) is 0 Å². The molecule has 4 heterocycles. The minimum absolute atomic E-state index is 0.0488. The van der Waals surface area contributed by atoms with Gasteiger partial charge in [0.05, 0.1) is 22.5 Å². The predicted octanol–water partition coefficient (Wildman–Crippen LogP) is 3.91. The third-order valence-corrected chi connectivity index (χ3v) is 5.45. The molecule has 0 saturated carbocycles. The van der Waals surface area contributed by atoms with Crippen molar-refractivity contribution >= 4 is 22.6 Å². The monoisotopic (exact) mass is 303 g/mol. The summed E-state index contributed by atoms with van der Waals surface area (Å²) in [7, 11) is 0. The lowest BCUT2D eigenvalue weighted by atomic mass is 9.83. The third kappa shape index (κ3) is 2.09. The van der Waals surface area contributed by atoms with Crippen molar-refractivity contribution in [1.82, 2.24) is 14.5 Å². The number of halogens is 1. The number of nitrogens with zero attached hydrogens (tertiary/aromatic N) is 3. The van der Waals surface area contributed by atoms with E-state index in [0.29, 0.717) is 6.04 Å². The quantitative estimate of drug-likeness (QED) is 0.784. The first-order valence-electron chi connectivity index (χ1n) is 7.99. The molecular formula is C17H22ClN3. The number of hydrogen-bond donors (Lipinski definition) is 0. The minimum atomic E-state index is -0.0488. The van der Waals surface area contributed by atoms with Crippen molar-refractivity contribution in [2.24, 2.45) is 5.92 Å². The highest BCUT2D eigenvalue weighted by molar-refractivity contribution is 6.20. The highest BCUT2D eigenvalue weighted by Crippen LogP contribution is 2.40. The molecule has 0 aliphatic carbocycles. The topological polar surface area (TPSA) is 21.1 Å². The fourth-order valence-electron chi connectivity index (χ4n) is 4.13. The molecule has 5 rings (SSSR count). The van der Waals surface area contributed by atoms with Crippen molar-refractivity contribution in [3.8, 4) is 0 Å². The zero-order valence-electron chi connectivity index (χ0n) is 12.7. The van der Waals surface area contributed by atoms with E-state index in [9.17, 15) is 0 Å². The van der Waals surface area contributed by atoms with Gasteiger partial charge >= 0.3 is 0 Å². The van der Waals surface area contributed by atoms with Crippen LogP contribution in [0, 0.1) is 12.8 Å².